The van der Waals surface area contributed by atoms with Crippen molar-refractivity contribution in [3.8, 4) is 5.75 Å². The van der Waals surface area contributed by atoms with Crippen molar-refractivity contribution in [1.29, 1.82) is 0 Å². The average Bonchev–Trinajstić information content (AvgIpc) is 2.95. The maximum atomic E-state index is 12.9. The fraction of sp³-hybridized carbons (Fsp3) is 0.588. The number of hydrogen-bond donors (Lipinski definition) is 2. The van der Waals surface area contributed by atoms with Gasteiger partial charge in [-0.05, 0) is 57.6 Å². The molecule has 0 saturated carbocycles. The number of halogens is 1. The second-order valence-corrected chi connectivity index (χ2v) is 5.99. The van der Waals surface area contributed by atoms with Gasteiger partial charge in [0.2, 0.25) is 0 Å². The molecule has 0 amide bonds. The lowest BCUT2D eigenvalue weighted by molar-refractivity contribution is 0.223. The highest BCUT2D eigenvalue weighted by atomic mass is 19.1. The molecule has 0 bridgehead atoms. The molecule has 2 unspecified atom stereocenters. The highest BCUT2D eigenvalue weighted by Crippen LogP contribution is 2.14. The lowest BCUT2D eigenvalue weighted by atomic mass is 10.2. The number of hydrogen-bond acceptors (Lipinski definition) is 3. The zero-order valence-corrected chi connectivity index (χ0v) is 14.2. The van der Waals surface area contributed by atoms with Gasteiger partial charge in [0.15, 0.2) is 5.96 Å². The molecule has 2 N–H and O–H groups in total. The van der Waals surface area contributed by atoms with E-state index in [2.05, 4.69) is 27.6 Å². The van der Waals surface area contributed by atoms with Crippen molar-refractivity contribution < 1.29 is 9.13 Å². The third-order valence-electron chi connectivity index (χ3n) is 4.11. The third-order valence-corrected chi connectivity index (χ3v) is 4.11. The predicted octanol–water partition coefficient (Wildman–Crippen LogP) is 1.85. The van der Waals surface area contributed by atoms with E-state index in [1.165, 1.54) is 31.5 Å². The number of likely N-dealkylation sites (N-methyl/N-ethyl adjacent to an activating group) is 1. The molecule has 1 aromatic carbocycles. The second kappa shape index (κ2) is 8.72. The monoisotopic (exact) mass is 322 g/mol. The minimum absolute atomic E-state index is 0.0480. The molecule has 1 aliphatic rings. The first-order chi connectivity index (χ1) is 11.1. The molecule has 1 aromatic rings. The first-order valence-electron chi connectivity index (χ1n) is 8.15. The molecule has 0 aliphatic carbocycles. The molecule has 1 saturated heterocycles. The molecule has 0 aromatic heterocycles. The Hall–Kier alpha value is -1.82. The van der Waals surface area contributed by atoms with E-state index in [9.17, 15) is 4.39 Å². The summed E-state index contributed by atoms with van der Waals surface area (Å²) in [6.07, 6.45) is 2.44. The summed E-state index contributed by atoms with van der Waals surface area (Å²) in [5, 5.41) is 6.62. The molecule has 1 heterocycles. The fourth-order valence-electron chi connectivity index (χ4n) is 2.70. The molecule has 128 valence electrons. The lowest BCUT2D eigenvalue weighted by Crippen LogP contribution is -2.46. The second-order valence-electron chi connectivity index (χ2n) is 5.99. The lowest BCUT2D eigenvalue weighted by Gasteiger charge is -2.22. The van der Waals surface area contributed by atoms with Gasteiger partial charge in [-0.2, -0.15) is 0 Å². The van der Waals surface area contributed by atoms with Crippen LogP contribution in [0, 0.1) is 5.82 Å². The highest BCUT2D eigenvalue weighted by Gasteiger charge is 2.20. The normalized spacial score (nSPS) is 20.3. The van der Waals surface area contributed by atoms with E-state index in [0.717, 1.165) is 12.5 Å². The summed E-state index contributed by atoms with van der Waals surface area (Å²) >= 11 is 0. The summed E-state index contributed by atoms with van der Waals surface area (Å²) < 4.78 is 18.6. The number of rotatable bonds is 6. The summed E-state index contributed by atoms with van der Waals surface area (Å²) in [7, 11) is 3.92. The molecular weight excluding hydrogens is 295 g/mol. The van der Waals surface area contributed by atoms with Crippen LogP contribution < -0.4 is 15.4 Å². The van der Waals surface area contributed by atoms with Gasteiger partial charge < -0.3 is 20.3 Å². The molecule has 23 heavy (non-hydrogen) atoms. The third kappa shape index (κ3) is 5.71. The van der Waals surface area contributed by atoms with Gasteiger partial charge >= 0.3 is 0 Å². The van der Waals surface area contributed by atoms with Crippen molar-refractivity contribution in [1.82, 2.24) is 15.5 Å². The van der Waals surface area contributed by atoms with Crippen LogP contribution in [0.1, 0.15) is 19.8 Å². The molecule has 1 fully saturated rings. The Bertz CT molecular complexity index is 506. The van der Waals surface area contributed by atoms with Crippen molar-refractivity contribution in [2.24, 2.45) is 4.99 Å². The van der Waals surface area contributed by atoms with Crippen LogP contribution in [0.5, 0.6) is 5.75 Å². The van der Waals surface area contributed by atoms with Gasteiger partial charge in [0.25, 0.3) is 0 Å². The van der Waals surface area contributed by atoms with E-state index < -0.39 is 0 Å². The van der Waals surface area contributed by atoms with E-state index in [1.54, 1.807) is 19.2 Å². The summed E-state index contributed by atoms with van der Waals surface area (Å²) in [5.74, 6) is 1.18. The standard InChI is InChI=1S/C17H27FN4O/c1-13(23-16-8-6-14(18)7-9-16)11-20-17(19-2)21-12-15-5-4-10-22(15)3/h6-9,13,15H,4-5,10-12H2,1-3H3,(H2,19,20,21). The smallest absolute Gasteiger partial charge is 0.191 e. The molecule has 5 nitrogen and oxygen atoms in total. The Balaban J connectivity index is 1.70. The predicted molar refractivity (Wildman–Crippen MR) is 91.5 cm³/mol. The maximum Gasteiger partial charge on any atom is 0.191 e. The van der Waals surface area contributed by atoms with Gasteiger partial charge in [0, 0.05) is 19.6 Å². The molecule has 0 radical (unpaired) electrons. The highest BCUT2D eigenvalue weighted by molar-refractivity contribution is 5.79. The number of nitrogens with one attached hydrogen (secondary N) is 2. The van der Waals surface area contributed by atoms with Crippen LogP contribution in [0.4, 0.5) is 4.39 Å². The molecule has 6 heteroatoms. The molecular formula is C17H27FN4O. The largest absolute Gasteiger partial charge is 0.489 e. The van der Waals surface area contributed by atoms with Crippen molar-refractivity contribution >= 4 is 5.96 Å². The maximum absolute atomic E-state index is 12.9. The van der Waals surface area contributed by atoms with Crippen molar-refractivity contribution in [2.45, 2.75) is 31.9 Å². The summed E-state index contributed by atoms with van der Waals surface area (Å²) in [6.45, 7) is 4.65. The Morgan fingerprint density at radius 3 is 2.74 bits per heavy atom. The quantitative estimate of drug-likeness (QED) is 0.620. The summed E-state index contributed by atoms with van der Waals surface area (Å²) in [5.41, 5.74) is 0. The molecule has 2 rings (SSSR count). The zero-order chi connectivity index (χ0) is 16.7. The van der Waals surface area contributed by atoms with E-state index >= 15 is 0 Å². The first kappa shape index (κ1) is 17.5. The van der Waals surface area contributed by atoms with Crippen LogP contribution in [0.15, 0.2) is 29.3 Å². The van der Waals surface area contributed by atoms with E-state index in [4.69, 9.17) is 4.74 Å². The van der Waals surface area contributed by atoms with Crippen molar-refractivity contribution in [3.63, 3.8) is 0 Å². The number of guanidine groups is 1. The van der Waals surface area contributed by atoms with Crippen LogP contribution in [0.2, 0.25) is 0 Å². The Morgan fingerprint density at radius 2 is 2.13 bits per heavy atom. The van der Waals surface area contributed by atoms with Crippen molar-refractivity contribution in [3.05, 3.63) is 30.1 Å². The van der Waals surface area contributed by atoms with Crippen LogP contribution >= 0.6 is 0 Å². The van der Waals surface area contributed by atoms with E-state index in [0.29, 0.717) is 18.3 Å². The Morgan fingerprint density at radius 1 is 1.39 bits per heavy atom. The van der Waals surface area contributed by atoms with Gasteiger partial charge in [0.05, 0.1) is 6.54 Å². The van der Waals surface area contributed by atoms with Gasteiger partial charge in [-0.25, -0.2) is 4.39 Å². The van der Waals surface area contributed by atoms with Gasteiger partial charge in [-0.1, -0.05) is 0 Å². The fourth-order valence-corrected chi connectivity index (χ4v) is 2.70. The molecule has 1 aliphatic heterocycles. The van der Waals surface area contributed by atoms with E-state index in [-0.39, 0.29) is 11.9 Å². The minimum Gasteiger partial charge on any atom is -0.489 e. The van der Waals surface area contributed by atoms with Crippen LogP contribution in [0.3, 0.4) is 0 Å². The minimum atomic E-state index is -0.260. The Labute approximate surface area is 137 Å². The number of benzene rings is 1. The zero-order valence-electron chi connectivity index (χ0n) is 14.2. The van der Waals surface area contributed by atoms with Gasteiger partial charge in [-0.15, -0.1) is 0 Å². The number of likely N-dealkylation sites (tertiary alicyclic amines) is 1. The van der Waals surface area contributed by atoms with E-state index in [1.807, 2.05) is 6.92 Å². The first-order valence-corrected chi connectivity index (χ1v) is 8.15. The topological polar surface area (TPSA) is 48.9 Å². The number of nitrogens with zero attached hydrogens (tertiary/aromatic N) is 2. The SMILES string of the molecule is CN=C(NCC(C)Oc1ccc(F)cc1)NCC1CCCN1C. The van der Waals surface area contributed by atoms with Gasteiger partial charge in [0.1, 0.15) is 17.7 Å². The number of ether oxygens (including phenoxy) is 1. The molecule has 0 spiro atoms. The average molecular weight is 322 g/mol. The van der Waals surface area contributed by atoms with Crippen LogP contribution in [-0.2, 0) is 0 Å². The van der Waals surface area contributed by atoms with Crippen LogP contribution in [0.25, 0.3) is 0 Å². The van der Waals surface area contributed by atoms with Crippen molar-refractivity contribution in [2.75, 3.05) is 33.7 Å². The Kier molecular flexibility index (Phi) is 6.65. The van der Waals surface area contributed by atoms with Gasteiger partial charge in [-0.3, -0.25) is 4.99 Å². The number of aliphatic imine (C=N–C) groups is 1. The van der Waals surface area contributed by atoms with Crippen LogP contribution in [-0.4, -0.2) is 56.7 Å². The summed E-state index contributed by atoms with van der Waals surface area (Å²) in [4.78, 5) is 6.61. The summed E-state index contributed by atoms with van der Waals surface area (Å²) in [6, 6.07) is 6.63. The molecule has 2 atom stereocenters.